The van der Waals surface area contributed by atoms with Gasteiger partial charge in [-0.15, -0.1) is 0 Å². The lowest BCUT2D eigenvalue weighted by molar-refractivity contribution is 0.220. The van der Waals surface area contributed by atoms with Crippen molar-refractivity contribution in [1.82, 2.24) is 20.0 Å². The Bertz CT molecular complexity index is 733. The maximum Gasteiger partial charge on any atom is 0.321 e. The molecule has 1 heterocycles. The van der Waals surface area contributed by atoms with Gasteiger partial charge in [0.2, 0.25) is 0 Å². The third-order valence-electron chi connectivity index (χ3n) is 4.88. The molecule has 6 nitrogen and oxygen atoms in total. The van der Waals surface area contributed by atoms with Crippen LogP contribution in [-0.2, 0) is 13.1 Å². The van der Waals surface area contributed by atoms with Gasteiger partial charge in [-0.1, -0.05) is 26.0 Å². The van der Waals surface area contributed by atoms with Crippen molar-refractivity contribution in [3.05, 3.63) is 47.3 Å². The number of benzene rings is 1. The van der Waals surface area contributed by atoms with Crippen molar-refractivity contribution >= 4 is 11.7 Å². The molecule has 1 saturated carbocycles. The first-order valence-electron chi connectivity index (χ1n) is 9.46. The normalized spacial score (nSPS) is 13.8. The smallest absolute Gasteiger partial charge is 0.321 e. The first-order chi connectivity index (χ1) is 12.6. The van der Waals surface area contributed by atoms with E-state index in [1.165, 1.54) is 18.4 Å². The molecule has 0 spiro atoms. The van der Waals surface area contributed by atoms with E-state index < -0.39 is 0 Å². The topological polar surface area (TPSA) is 64.3 Å². The number of anilines is 1. The summed E-state index contributed by atoms with van der Waals surface area (Å²) in [6.07, 6.45) is 2.45. The first-order valence-corrected chi connectivity index (χ1v) is 9.46. The van der Waals surface area contributed by atoms with Crippen LogP contribution in [-0.4, -0.2) is 46.2 Å². The largest absolute Gasteiger partial charge is 0.322 e. The second-order valence-corrected chi connectivity index (χ2v) is 7.04. The monoisotopic (exact) mass is 355 g/mol. The van der Waals surface area contributed by atoms with Crippen LogP contribution in [0.1, 0.15) is 49.6 Å². The fourth-order valence-electron chi connectivity index (χ4n) is 3.05. The molecule has 1 aromatic carbocycles. The zero-order valence-electron chi connectivity index (χ0n) is 16.0. The van der Waals surface area contributed by atoms with Crippen LogP contribution in [0.25, 0.3) is 0 Å². The third-order valence-corrected chi connectivity index (χ3v) is 4.88. The highest BCUT2D eigenvalue weighted by Gasteiger charge is 2.26. The van der Waals surface area contributed by atoms with Crippen LogP contribution in [0, 0.1) is 0 Å². The predicted octanol–water partition coefficient (Wildman–Crippen LogP) is 3.79. The van der Waals surface area contributed by atoms with Gasteiger partial charge in [0.25, 0.3) is 0 Å². The van der Waals surface area contributed by atoms with Gasteiger partial charge in [-0.25, -0.2) is 4.79 Å². The summed E-state index contributed by atoms with van der Waals surface area (Å²) in [4.78, 5) is 16.5. The standard InChI is InChI=1S/C20H29N5O/c1-4-25(5-2)13-15-7-6-8-17(11-15)21-20(26)24(3)14-18-12-19(23-22-18)16-9-10-16/h6-8,11-12,16H,4-5,9-10,13-14H2,1-3H3,(H,21,26)(H,22,23). The van der Waals surface area contributed by atoms with Gasteiger partial charge in [0, 0.05) is 25.2 Å². The number of H-pyrrole nitrogens is 1. The fourth-order valence-corrected chi connectivity index (χ4v) is 3.05. The number of nitrogens with one attached hydrogen (secondary N) is 2. The number of rotatable bonds is 8. The zero-order chi connectivity index (χ0) is 18.5. The van der Waals surface area contributed by atoms with Crippen LogP contribution in [0.4, 0.5) is 10.5 Å². The summed E-state index contributed by atoms with van der Waals surface area (Å²) in [6.45, 7) is 7.77. The average molecular weight is 355 g/mol. The van der Waals surface area contributed by atoms with Crippen LogP contribution in [0.2, 0.25) is 0 Å². The lowest BCUT2D eigenvalue weighted by atomic mass is 10.2. The molecule has 0 aliphatic heterocycles. The lowest BCUT2D eigenvalue weighted by Gasteiger charge is -2.19. The molecule has 26 heavy (non-hydrogen) atoms. The molecule has 1 aromatic heterocycles. The van der Waals surface area contributed by atoms with Crippen LogP contribution in [0.5, 0.6) is 0 Å². The number of aromatic nitrogens is 2. The van der Waals surface area contributed by atoms with Crippen LogP contribution < -0.4 is 5.32 Å². The van der Waals surface area contributed by atoms with Crippen molar-refractivity contribution in [2.45, 2.75) is 45.7 Å². The van der Waals surface area contributed by atoms with Crippen LogP contribution >= 0.6 is 0 Å². The molecular weight excluding hydrogens is 326 g/mol. The number of urea groups is 1. The van der Waals surface area contributed by atoms with E-state index in [4.69, 9.17) is 0 Å². The molecule has 0 atom stereocenters. The average Bonchev–Trinajstić information content (AvgIpc) is 3.39. The molecule has 2 N–H and O–H groups in total. The predicted molar refractivity (Wildman–Crippen MR) is 104 cm³/mol. The minimum absolute atomic E-state index is 0.118. The van der Waals surface area contributed by atoms with Crippen molar-refractivity contribution < 1.29 is 4.79 Å². The molecule has 2 aromatic rings. The van der Waals surface area contributed by atoms with E-state index in [2.05, 4.69) is 46.4 Å². The number of aromatic amines is 1. The van der Waals surface area contributed by atoms with E-state index >= 15 is 0 Å². The molecular formula is C20H29N5O. The van der Waals surface area contributed by atoms with Gasteiger partial charge < -0.3 is 10.2 Å². The van der Waals surface area contributed by atoms with Gasteiger partial charge >= 0.3 is 6.03 Å². The molecule has 3 rings (SSSR count). The Hall–Kier alpha value is -2.34. The summed E-state index contributed by atoms with van der Waals surface area (Å²) < 4.78 is 0. The molecule has 140 valence electrons. The summed E-state index contributed by atoms with van der Waals surface area (Å²) in [7, 11) is 1.80. The SMILES string of the molecule is CCN(CC)Cc1cccc(NC(=O)N(C)Cc2cc(C3CC3)n[nH]2)c1. The number of nitrogens with zero attached hydrogens (tertiary/aromatic N) is 3. The molecule has 0 saturated heterocycles. The zero-order valence-corrected chi connectivity index (χ0v) is 16.0. The molecule has 0 radical (unpaired) electrons. The van der Waals surface area contributed by atoms with Crippen molar-refractivity contribution in [1.29, 1.82) is 0 Å². The third kappa shape index (κ3) is 4.85. The highest BCUT2D eigenvalue weighted by atomic mass is 16.2. The van der Waals surface area contributed by atoms with E-state index in [9.17, 15) is 4.79 Å². The number of amides is 2. The maximum atomic E-state index is 12.5. The minimum atomic E-state index is -0.118. The lowest BCUT2D eigenvalue weighted by Crippen LogP contribution is -2.31. The van der Waals surface area contributed by atoms with Gasteiger partial charge in [-0.3, -0.25) is 10.00 Å². The molecule has 1 aliphatic carbocycles. The fraction of sp³-hybridized carbons (Fsp3) is 0.500. The number of hydrogen-bond donors (Lipinski definition) is 2. The molecule has 2 amide bonds. The Balaban J connectivity index is 1.56. The molecule has 1 fully saturated rings. The summed E-state index contributed by atoms with van der Waals surface area (Å²) in [5.41, 5.74) is 4.13. The highest BCUT2D eigenvalue weighted by Crippen LogP contribution is 2.39. The minimum Gasteiger partial charge on any atom is -0.322 e. The summed E-state index contributed by atoms with van der Waals surface area (Å²) in [5, 5.41) is 10.4. The first kappa shape index (κ1) is 18.5. The van der Waals surface area contributed by atoms with Crippen molar-refractivity contribution in [3.63, 3.8) is 0 Å². The highest BCUT2D eigenvalue weighted by molar-refractivity contribution is 5.89. The van der Waals surface area contributed by atoms with E-state index in [0.717, 1.165) is 36.7 Å². The summed E-state index contributed by atoms with van der Waals surface area (Å²) in [5.74, 6) is 0.618. The Morgan fingerprint density at radius 1 is 1.23 bits per heavy atom. The molecule has 1 aliphatic rings. The van der Waals surface area contributed by atoms with Crippen molar-refractivity contribution in [3.8, 4) is 0 Å². The van der Waals surface area contributed by atoms with Gasteiger partial charge in [0.1, 0.15) is 0 Å². The number of carbonyl (C=O) groups excluding carboxylic acids is 1. The summed E-state index contributed by atoms with van der Waals surface area (Å²) in [6, 6.07) is 10.0. The second kappa shape index (κ2) is 8.36. The molecule has 0 bridgehead atoms. The Labute approximate surface area is 155 Å². The van der Waals surface area contributed by atoms with Crippen molar-refractivity contribution in [2.75, 3.05) is 25.5 Å². The van der Waals surface area contributed by atoms with Crippen molar-refractivity contribution in [2.24, 2.45) is 0 Å². The van der Waals surface area contributed by atoms with E-state index in [-0.39, 0.29) is 6.03 Å². The maximum absolute atomic E-state index is 12.5. The van der Waals surface area contributed by atoms with Crippen LogP contribution in [0.3, 0.4) is 0 Å². The summed E-state index contributed by atoms with van der Waals surface area (Å²) >= 11 is 0. The van der Waals surface area contributed by atoms with Crippen LogP contribution in [0.15, 0.2) is 30.3 Å². The Kier molecular flexibility index (Phi) is 5.93. The Morgan fingerprint density at radius 3 is 2.69 bits per heavy atom. The van der Waals surface area contributed by atoms with Gasteiger partial charge in [0.05, 0.1) is 17.9 Å². The van der Waals surface area contributed by atoms with Gasteiger partial charge in [0.15, 0.2) is 0 Å². The van der Waals surface area contributed by atoms with E-state index in [1.807, 2.05) is 18.2 Å². The Morgan fingerprint density at radius 2 is 2.00 bits per heavy atom. The number of carbonyl (C=O) groups is 1. The number of hydrogen-bond acceptors (Lipinski definition) is 3. The van der Waals surface area contributed by atoms with E-state index in [1.54, 1.807) is 11.9 Å². The molecule has 0 unspecified atom stereocenters. The quantitative estimate of drug-likeness (QED) is 0.757. The van der Waals surface area contributed by atoms with Gasteiger partial charge in [-0.2, -0.15) is 5.10 Å². The molecule has 6 heteroatoms. The second-order valence-electron chi connectivity index (χ2n) is 7.04. The van der Waals surface area contributed by atoms with E-state index in [0.29, 0.717) is 12.5 Å². The van der Waals surface area contributed by atoms with Gasteiger partial charge in [-0.05, 0) is 49.7 Å².